The Morgan fingerprint density at radius 3 is 3.10 bits per heavy atom. The molecule has 1 aromatic rings. The second kappa shape index (κ2) is 2.25. The summed E-state index contributed by atoms with van der Waals surface area (Å²) in [6.45, 7) is 0. The van der Waals surface area contributed by atoms with Crippen LogP contribution in [0.4, 0.5) is 5.69 Å². The van der Waals surface area contributed by atoms with E-state index in [0.29, 0.717) is 0 Å². The van der Waals surface area contributed by atoms with Gasteiger partial charge in [-0.05, 0) is 18.1 Å². The third-order valence-corrected chi connectivity index (χ3v) is 1.58. The summed E-state index contributed by atoms with van der Waals surface area (Å²) in [6.07, 6.45) is 5.69. The molecule has 0 bridgehead atoms. The Balaban J connectivity index is 2.54. The Labute approximate surface area is 60.4 Å². The first-order valence-corrected chi connectivity index (χ1v) is 3.30. The van der Waals surface area contributed by atoms with Crippen molar-refractivity contribution < 1.29 is 0 Å². The van der Waals surface area contributed by atoms with E-state index in [0.717, 1.165) is 12.1 Å². The number of fused-ring (bicyclic) bond motifs is 1. The van der Waals surface area contributed by atoms with Crippen LogP contribution < -0.4 is 0 Å². The number of benzene rings is 1. The largest absolute Gasteiger partial charge is 0.260 e. The van der Waals surface area contributed by atoms with Crippen molar-refractivity contribution in [3.63, 3.8) is 0 Å². The molecule has 0 aliphatic carbocycles. The van der Waals surface area contributed by atoms with Crippen LogP contribution in [-0.2, 0) is 6.42 Å². The van der Waals surface area contributed by atoms with E-state index in [2.05, 4.69) is 17.5 Å². The fourth-order valence-electron chi connectivity index (χ4n) is 1.06. The highest BCUT2D eigenvalue weighted by molar-refractivity contribution is 5.76. The molecule has 0 fully saturated rings. The van der Waals surface area contributed by atoms with Crippen molar-refractivity contribution in [2.45, 2.75) is 6.42 Å². The van der Waals surface area contributed by atoms with E-state index in [9.17, 15) is 0 Å². The molecule has 10 heavy (non-hydrogen) atoms. The first-order chi connectivity index (χ1) is 4.97. The summed E-state index contributed by atoms with van der Waals surface area (Å²) in [7, 11) is 0. The molecule has 0 saturated carbocycles. The zero-order chi connectivity index (χ0) is 6.81. The highest BCUT2D eigenvalue weighted by atomic mass is 14.7. The molecule has 48 valence electrons. The molecule has 1 heteroatoms. The highest BCUT2D eigenvalue weighted by Gasteiger charge is 2.02. The van der Waals surface area contributed by atoms with Crippen LogP contribution in [0.25, 0.3) is 0 Å². The van der Waals surface area contributed by atoms with Crippen molar-refractivity contribution in [3.05, 3.63) is 36.2 Å². The summed E-state index contributed by atoms with van der Waals surface area (Å²) in [5, 5.41) is 0. The second-order valence-corrected chi connectivity index (χ2v) is 2.27. The lowest BCUT2D eigenvalue weighted by atomic mass is 10.1. The van der Waals surface area contributed by atoms with Gasteiger partial charge >= 0.3 is 0 Å². The van der Waals surface area contributed by atoms with Crippen molar-refractivity contribution in [2.24, 2.45) is 4.99 Å². The van der Waals surface area contributed by atoms with E-state index in [-0.39, 0.29) is 0 Å². The summed E-state index contributed by atoms with van der Waals surface area (Å²) in [5.41, 5.74) is 2.35. The van der Waals surface area contributed by atoms with Crippen LogP contribution in [0.2, 0.25) is 0 Å². The summed E-state index contributed by atoms with van der Waals surface area (Å²) in [5.74, 6) is 0. The minimum atomic E-state index is 0.902. The Morgan fingerprint density at radius 1 is 1.30 bits per heavy atom. The molecule has 1 nitrogen and oxygen atoms in total. The summed E-state index contributed by atoms with van der Waals surface area (Å²) < 4.78 is 0. The van der Waals surface area contributed by atoms with Gasteiger partial charge in [-0.15, -0.1) is 0 Å². The molecule has 1 aromatic carbocycles. The van der Waals surface area contributed by atoms with Crippen LogP contribution >= 0.6 is 0 Å². The van der Waals surface area contributed by atoms with E-state index in [1.807, 2.05) is 18.2 Å². The SMILES string of the molecule is [C]1C=Nc2ccccc2C1. The summed E-state index contributed by atoms with van der Waals surface area (Å²) in [6, 6.07) is 8.13. The topological polar surface area (TPSA) is 12.4 Å². The van der Waals surface area contributed by atoms with E-state index in [4.69, 9.17) is 0 Å². The van der Waals surface area contributed by atoms with Gasteiger partial charge in [0.2, 0.25) is 0 Å². The third-order valence-electron chi connectivity index (χ3n) is 1.58. The molecule has 0 atom stereocenters. The zero-order valence-corrected chi connectivity index (χ0v) is 5.54. The van der Waals surface area contributed by atoms with Gasteiger partial charge in [-0.2, -0.15) is 0 Å². The molecule has 2 rings (SSSR count). The fourth-order valence-corrected chi connectivity index (χ4v) is 1.06. The Hall–Kier alpha value is -1.11. The number of para-hydroxylation sites is 1. The van der Waals surface area contributed by atoms with Crippen molar-refractivity contribution in [3.8, 4) is 0 Å². The van der Waals surface area contributed by atoms with Crippen molar-refractivity contribution in [1.29, 1.82) is 0 Å². The van der Waals surface area contributed by atoms with Gasteiger partial charge in [-0.1, -0.05) is 18.2 Å². The van der Waals surface area contributed by atoms with E-state index in [1.165, 1.54) is 5.56 Å². The molecule has 0 aromatic heterocycles. The zero-order valence-electron chi connectivity index (χ0n) is 5.54. The molecule has 1 heterocycles. The van der Waals surface area contributed by atoms with Crippen molar-refractivity contribution in [2.75, 3.05) is 0 Å². The maximum absolute atomic E-state index is 4.16. The average molecular weight is 129 g/mol. The minimum Gasteiger partial charge on any atom is -0.260 e. The number of aliphatic imine (C=N–C) groups is 1. The van der Waals surface area contributed by atoms with Crippen LogP contribution in [0.15, 0.2) is 29.3 Å². The molecular formula is C9H7N. The van der Waals surface area contributed by atoms with Gasteiger partial charge in [0.1, 0.15) is 0 Å². The lowest BCUT2D eigenvalue weighted by Gasteiger charge is -2.06. The molecule has 0 unspecified atom stereocenters. The first-order valence-electron chi connectivity index (χ1n) is 3.30. The van der Waals surface area contributed by atoms with E-state index >= 15 is 0 Å². The third kappa shape index (κ3) is 0.838. The lowest BCUT2D eigenvalue weighted by Crippen LogP contribution is -1.92. The van der Waals surface area contributed by atoms with Gasteiger partial charge < -0.3 is 0 Å². The second-order valence-electron chi connectivity index (χ2n) is 2.27. The Bertz CT molecular complexity index is 263. The molecule has 1 aliphatic rings. The lowest BCUT2D eigenvalue weighted by molar-refractivity contribution is 1.19. The maximum Gasteiger partial charge on any atom is 0.0658 e. The van der Waals surface area contributed by atoms with Crippen LogP contribution in [-0.4, -0.2) is 6.21 Å². The van der Waals surface area contributed by atoms with Crippen LogP contribution in [0.3, 0.4) is 0 Å². The molecule has 0 amide bonds. The summed E-state index contributed by atoms with van der Waals surface area (Å²) in [4.78, 5) is 4.16. The number of nitrogens with zero attached hydrogens (tertiary/aromatic N) is 1. The monoisotopic (exact) mass is 129 g/mol. The fraction of sp³-hybridized carbons (Fsp3) is 0.111. The summed E-state index contributed by atoms with van der Waals surface area (Å²) >= 11 is 0. The highest BCUT2D eigenvalue weighted by Crippen LogP contribution is 2.21. The quantitative estimate of drug-likeness (QED) is 0.508. The van der Waals surface area contributed by atoms with Crippen LogP contribution in [0, 0.1) is 6.42 Å². The molecule has 2 radical (unpaired) electrons. The van der Waals surface area contributed by atoms with E-state index < -0.39 is 0 Å². The molecular weight excluding hydrogens is 122 g/mol. The number of hydrogen-bond donors (Lipinski definition) is 0. The molecule has 1 aliphatic heterocycles. The van der Waals surface area contributed by atoms with Gasteiger partial charge in [-0.3, -0.25) is 4.99 Å². The number of rotatable bonds is 0. The Morgan fingerprint density at radius 2 is 2.20 bits per heavy atom. The van der Waals surface area contributed by atoms with Gasteiger partial charge in [0.25, 0.3) is 0 Å². The smallest absolute Gasteiger partial charge is 0.0658 e. The average Bonchev–Trinajstić information content (AvgIpc) is 2.05. The van der Waals surface area contributed by atoms with Crippen molar-refractivity contribution >= 4 is 11.9 Å². The predicted octanol–water partition coefficient (Wildman–Crippen LogP) is 2.03. The minimum absolute atomic E-state index is 0.902. The predicted molar refractivity (Wildman–Crippen MR) is 41.5 cm³/mol. The van der Waals surface area contributed by atoms with Crippen molar-refractivity contribution in [1.82, 2.24) is 0 Å². The van der Waals surface area contributed by atoms with Gasteiger partial charge in [0.15, 0.2) is 0 Å². The van der Waals surface area contributed by atoms with Gasteiger partial charge in [0.05, 0.1) is 5.69 Å². The Kier molecular flexibility index (Phi) is 1.28. The van der Waals surface area contributed by atoms with Crippen LogP contribution in [0.5, 0.6) is 0 Å². The first kappa shape index (κ1) is 5.66. The van der Waals surface area contributed by atoms with E-state index in [1.54, 1.807) is 6.21 Å². The standard InChI is InChI=1S/C9H7N/c1-2-6-9-8(4-1)5-3-7-10-9/h1-2,4,6-7H,5H2. The normalized spacial score (nSPS) is 14.8. The number of hydrogen-bond acceptors (Lipinski definition) is 1. The maximum atomic E-state index is 4.16. The van der Waals surface area contributed by atoms with Gasteiger partial charge in [0, 0.05) is 12.6 Å². The van der Waals surface area contributed by atoms with Crippen LogP contribution in [0.1, 0.15) is 5.56 Å². The van der Waals surface area contributed by atoms with Gasteiger partial charge in [-0.25, -0.2) is 0 Å². The molecule has 0 saturated heterocycles. The molecule has 0 spiro atoms. The molecule has 0 N–H and O–H groups in total.